The molecule has 1 amide bonds. The molecule has 1 aromatic carbocycles. The number of rotatable bonds is 2. The molecule has 0 aliphatic rings. The average Bonchev–Trinajstić information content (AvgIpc) is 2.16. The van der Waals surface area contributed by atoms with Crippen molar-refractivity contribution in [2.24, 2.45) is 5.73 Å². The minimum Gasteiger partial charge on any atom is -0.366 e. The van der Waals surface area contributed by atoms with Crippen molar-refractivity contribution in [1.82, 2.24) is 0 Å². The number of amides is 1. The standard InChI is InChI=1S/C9H7N3O3/c1-5-2-8(12(14)15)6(4-10)3-7(5)9(11)13/h2-3H,1H3,(H2,11,13). The number of carbonyl (C=O) groups is 1. The first-order chi connectivity index (χ1) is 6.97. The Labute approximate surface area is 85.1 Å². The van der Waals surface area contributed by atoms with E-state index < -0.39 is 10.8 Å². The fourth-order valence-corrected chi connectivity index (χ4v) is 1.20. The van der Waals surface area contributed by atoms with Gasteiger partial charge in [0.1, 0.15) is 11.6 Å². The number of nitro benzene ring substituents is 1. The number of carbonyl (C=O) groups excluding carboxylic acids is 1. The normalized spacial score (nSPS) is 9.33. The van der Waals surface area contributed by atoms with E-state index >= 15 is 0 Å². The van der Waals surface area contributed by atoms with Gasteiger partial charge in [0, 0.05) is 11.6 Å². The van der Waals surface area contributed by atoms with Crippen molar-refractivity contribution in [2.75, 3.05) is 0 Å². The largest absolute Gasteiger partial charge is 0.366 e. The van der Waals surface area contributed by atoms with Crippen LogP contribution in [0.2, 0.25) is 0 Å². The Balaban J connectivity index is 3.51. The van der Waals surface area contributed by atoms with Crippen molar-refractivity contribution in [3.8, 4) is 6.07 Å². The van der Waals surface area contributed by atoms with Gasteiger partial charge in [-0.2, -0.15) is 5.26 Å². The second-order valence-corrected chi connectivity index (χ2v) is 2.92. The number of nitriles is 1. The first-order valence-corrected chi connectivity index (χ1v) is 3.96. The first-order valence-electron chi connectivity index (χ1n) is 3.96. The summed E-state index contributed by atoms with van der Waals surface area (Å²) in [6.07, 6.45) is 0. The number of primary amides is 1. The SMILES string of the molecule is Cc1cc([N+](=O)[O-])c(C#N)cc1C(N)=O. The summed E-state index contributed by atoms with van der Waals surface area (Å²) in [7, 11) is 0. The van der Waals surface area contributed by atoms with E-state index in [-0.39, 0.29) is 16.8 Å². The smallest absolute Gasteiger partial charge is 0.287 e. The molecule has 6 heteroatoms. The topological polar surface area (TPSA) is 110 Å². The second kappa shape index (κ2) is 3.75. The molecule has 0 unspecified atom stereocenters. The maximum absolute atomic E-state index is 10.9. The lowest BCUT2D eigenvalue weighted by Gasteiger charge is -2.02. The summed E-state index contributed by atoms with van der Waals surface area (Å²) in [4.78, 5) is 20.8. The van der Waals surface area contributed by atoms with Gasteiger partial charge in [-0.1, -0.05) is 0 Å². The van der Waals surface area contributed by atoms with E-state index in [0.717, 1.165) is 6.07 Å². The molecular formula is C9H7N3O3. The van der Waals surface area contributed by atoms with Crippen LogP contribution in [0.5, 0.6) is 0 Å². The molecule has 0 aromatic heterocycles. The maximum Gasteiger partial charge on any atom is 0.287 e. The summed E-state index contributed by atoms with van der Waals surface area (Å²) in [5.74, 6) is -0.709. The molecule has 0 spiro atoms. The lowest BCUT2D eigenvalue weighted by Crippen LogP contribution is -2.13. The van der Waals surface area contributed by atoms with Crippen LogP contribution in [0.3, 0.4) is 0 Å². The molecule has 1 rings (SSSR count). The number of benzene rings is 1. The summed E-state index contributed by atoms with van der Waals surface area (Å²) in [5.41, 5.74) is 5.06. The number of nitrogens with zero attached hydrogens (tertiary/aromatic N) is 2. The summed E-state index contributed by atoms with van der Waals surface area (Å²) in [6, 6.07) is 3.95. The molecule has 0 aliphatic heterocycles. The highest BCUT2D eigenvalue weighted by Gasteiger charge is 2.18. The van der Waals surface area contributed by atoms with Crippen LogP contribution in [-0.4, -0.2) is 10.8 Å². The average molecular weight is 205 g/mol. The predicted octanol–water partition coefficient (Wildman–Crippen LogP) is 0.874. The Bertz CT molecular complexity index is 488. The lowest BCUT2D eigenvalue weighted by molar-refractivity contribution is -0.385. The summed E-state index contributed by atoms with van der Waals surface area (Å²) in [5, 5.41) is 19.2. The Hall–Kier alpha value is -2.42. The van der Waals surface area contributed by atoms with Crippen LogP contribution < -0.4 is 5.73 Å². The number of nitro groups is 1. The van der Waals surface area contributed by atoms with E-state index in [1.54, 1.807) is 6.07 Å². The summed E-state index contributed by atoms with van der Waals surface area (Å²) in [6.45, 7) is 1.52. The number of aryl methyl sites for hydroxylation is 1. The number of nitrogens with two attached hydrogens (primary N) is 1. The van der Waals surface area contributed by atoms with Gasteiger partial charge in [-0.15, -0.1) is 0 Å². The first kappa shape index (κ1) is 10.7. The molecule has 0 bridgehead atoms. The molecular weight excluding hydrogens is 198 g/mol. The van der Waals surface area contributed by atoms with Crippen LogP contribution in [0.4, 0.5) is 5.69 Å². The Morgan fingerprint density at radius 2 is 2.20 bits per heavy atom. The lowest BCUT2D eigenvalue weighted by atomic mass is 10.0. The van der Waals surface area contributed by atoms with E-state index in [0.29, 0.717) is 5.56 Å². The Kier molecular flexibility index (Phi) is 2.67. The third-order valence-electron chi connectivity index (χ3n) is 1.93. The quantitative estimate of drug-likeness (QED) is 0.570. The van der Waals surface area contributed by atoms with E-state index in [1.165, 1.54) is 13.0 Å². The molecule has 15 heavy (non-hydrogen) atoms. The molecule has 0 saturated heterocycles. The van der Waals surface area contributed by atoms with E-state index in [4.69, 9.17) is 11.0 Å². The van der Waals surface area contributed by atoms with Gasteiger partial charge in [-0.3, -0.25) is 14.9 Å². The van der Waals surface area contributed by atoms with Crippen molar-refractivity contribution in [3.63, 3.8) is 0 Å². The van der Waals surface area contributed by atoms with E-state index in [2.05, 4.69) is 0 Å². The van der Waals surface area contributed by atoms with Gasteiger partial charge >= 0.3 is 0 Å². The van der Waals surface area contributed by atoms with Gasteiger partial charge in [-0.05, 0) is 18.6 Å². The Morgan fingerprint density at radius 1 is 1.60 bits per heavy atom. The van der Waals surface area contributed by atoms with Crippen LogP contribution in [0.25, 0.3) is 0 Å². The van der Waals surface area contributed by atoms with Gasteiger partial charge in [0.2, 0.25) is 5.91 Å². The van der Waals surface area contributed by atoms with Gasteiger partial charge in [0.25, 0.3) is 5.69 Å². The van der Waals surface area contributed by atoms with Crippen molar-refractivity contribution in [1.29, 1.82) is 5.26 Å². The second-order valence-electron chi connectivity index (χ2n) is 2.92. The zero-order valence-electron chi connectivity index (χ0n) is 7.85. The van der Waals surface area contributed by atoms with Crippen molar-refractivity contribution in [3.05, 3.63) is 38.9 Å². The van der Waals surface area contributed by atoms with Gasteiger partial charge in [-0.25, -0.2) is 0 Å². The minimum atomic E-state index is -0.709. The summed E-state index contributed by atoms with van der Waals surface area (Å²) < 4.78 is 0. The fraction of sp³-hybridized carbons (Fsp3) is 0.111. The van der Waals surface area contributed by atoms with Crippen molar-refractivity contribution in [2.45, 2.75) is 6.92 Å². The molecule has 0 saturated carbocycles. The van der Waals surface area contributed by atoms with Crippen LogP contribution in [-0.2, 0) is 0 Å². The highest BCUT2D eigenvalue weighted by atomic mass is 16.6. The molecule has 2 N–H and O–H groups in total. The third-order valence-corrected chi connectivity index (χ3v) is 1.93. The number of hydrogen-bond acceptors (Lipinski definition) is 4. The summed E-state index contributed by atoms with van der Waals surface area (Å²) >= 11 is 0. The molecule has 0 atom stereocenters. The molecule has 1 aromatic rings. The van der Waals surface area contributed by atoms with Crippen LogP contribution in [0, 0.1) is 28.4 Å². The van der Waals surface area contributed by atoms with Gasteiger partial charge < -0.3 is 5.73 Å². The zero-order chi connectivity index (χ0) is 11.6. The van der Waals surface area contributed by atoms with Crippen LogP contribution in [0.15, 0.2) is 12.1 Å². The molecule has 0 radical (unpaired) electrons. The third kappa shape index (κ3) is 1.91. The zero-order valence-corrected chi connectivity index (χ0v) is 7.85. The minimum absolute atomic E-state index is 0.122. The molecule has 0 aliphatic carbocycles. The molecule has 0 heterocycles. The maximum atomic E-state index is 10.9. The van der Waals surface area contributed by atoms with Gasteiger partial charge in [0.05, 0.1) is 4.92 Å². The van der Waals surface area contributed by atoms with Crippen molar-refractivity contribution >= 4 is 11.6 Å². The van der Waals surface area contributed by atoms with Crippen LogP contribution >= 0.6 is 0 Å². The van der Waals surface area contributed by atoms with Crippen molar-refractivity contribution < 1.29 is 9.72 Å². The van der Waals surface area contributed by atoms with E-state index in [9.17, 15) is 14.9 Å². The highest BCUT2D eigenvalue weighted by Crippen LogP contribution is 2.22. The highest BCUT2D eigenvalue weighted by molar-refractivity contribution is 5.95. The predicted molar refractivity (Wildman–Crippen MR) is 51.1 cm³/mol. The fourth-order valence-electron chi connectivity index (χ4n) is 1.20. The Morgan fingerprint density at radius 3 is 2.60 bits per heavy atom. The monoisotopic (exact) mass is 205 g/mol. The van der Waals surface area contributed by atoms with E-state index in [1.807, 2.05) is 0 Å². The van der Waals surface area contributed by atoms with Gasteiger partial charge in [0.15, 0.2) is 0 Å². The molecule has 0 fully saturated rings. The van der Waals surface area contributed by atoms with Crippen LogP contribution in [0.1, 0.15) is 21.5 Å². The molecule has 6 nitrogen and oxygen atoms in total. The number of hydrogen-bond donors (Lipinski definition) is 1. The molecule has 76 valence electrons.